The fourth-order valence-corrected chi connectivity index (χ4v) is 3.97. The molecule has 0 N–H and O–H groups in total. The maximum absolute atomic E-state index is 6.31. The van der Waals surface area contributed by atoms with E-state index >= 15 is 0 Å². The molecule has 0 amide bonds. The van der Waals surface area contributed by atoms with Crippen LogP contribution in [0.4, 0.5) is 0 Å². The molecular weight excluding hydrogens is 387 g/mol. The van der Waals surface area contributed by atoms with Crippen LogP contribution in [0.3, 0.4) is 0 Å². The normalized spacial score (nSPS) is 12.4. The van der Waals surface area contributed by atoms with Gasteiger partial charge in [0, 0.05) is 26.3 Å². The van der Waals surface area contributed by atoms with Gasteiger partial charge in [-0.3, -0.25) is 4.57 Å². The highest BCUT2D eigenvalue weighted by molar-refractivity contribution is 6.76. The lowest BCUT2D eigenvalue weighted by molar-refractivity contribution is 0.0925. The molecule has 0 aliphatic heterocycles. The van der Waals surface area contributed by atoms with Crippen LogP contribution in [0, 0.1) is 0 Å². The summed E-state index contributed by atoms with van der Waals surface area (Å²) in [7, 11) is -1.16. The Hall–Kier alpha value is -0.923. The van der Waals surface area contributed by atoms with Gasteiger partial charge in [0.15, 0.2) is 5.15 Å². The molecule has 0 aliphatic rings. The van der Waals surface area contributed by atoms with Gasteiger partial charge in [-0.25, -0.2) is 9.97 Å². The van der Waals surface area contributed by atoms with Gasteiger partial charge in [0.25, 0.3) is 0 Å². The first-order chi connectivity index (χ1) is 11.3. The third-order valence-corrected chi connectivity index (χ3v) is 6.13. The molecule has 3 heterocycles. The third kappa shape index (κ3) is 3.53. The number of hydrogen-bond donors (Lipinski definition) is 0. The molecule has 0 spiro atoms. The minimum absolute atomic E-state index is 0.0859. The predicted octanol–water partition coefficient (Wildman–Crippen LogP) is 5.25. The molecule has 24 heavy (non-hydrogen) atoms. The van der Waals surface area contributed by atoms with E-state index < -0.39 is 8.07 Å². The molecule has 9 heteroatoms. The van der Waals surface area contributed by atoms with E-state index in [2.05, 4.69) is 34.6 Å². The minimum Gasteiger partial charge on any atom is -0.361 e. The zero-order chi connectivity index (χ0) is 17.5. The van der Waals surface area contributed by atoms with E-state index in [4.69, 9.17) is 39.5 Å². The van der Waals surface area contributed by atoms with Gasteiger partial charge in [-0.05, 0) is 23.7 Å². The number of rotatable bonds is 5. The summed E-state index contributed by atoms with van der Waals surface area (Å²) in [5.74, 6) is 0. The SMILES string of the molecule is C[Si](C)(C)CCOCn1c2nc(Cl)nc(Cl)c2c2ccnc(Cl)c21. The molecule has 3 aromatic heterocycles. The smallest absolute Gasteiger partial charge is 0.225 e. The van der Waals surface area contributed by atoms with E-state index in [-0.39, 0.29) is 10.4 Å². The van der Waals surface area contributed by atoms with Crippen LogP contribution < -0.4 is 0 Å². The van der Waals surface area contributed by atoms with E-state index in [0.29, 0.717) is 29.5 Å². The second-order valence-electron chi connectivity index (χ2n) is 6.76. The lowest BCUT2D eigenvalue weighted by Crippen LogP contribution is -2.22. The van der Waals surface area contributed by atoms with Gasteiger partial charge < -0.3 is 4.74 Å². The number of ether oxygens (including phenoxy) is 1. The van der Waals surface area contributed by atoms with E-state index in [1.807, 2.05) is 10.6 Å². The van der Waals surface area contributed by atoms with Crippen LogP contribution >= 0.6 is 34.8 Å². The summed E-state index contributed by atoms with van der Waals surface area (Å²) >= 11 is 18.6. The highest BCUT2D eigenvalue weighted by atomic mass is 35.5. The van der Waals surface area contributed by atoms with Crippen molar-refractivity contribution in [3.63, 3.8) is 0 Å². The highest BCUT2D eigenvalue weighted by Crippen LogP contribution is 2.35. The fraction of sp³-hybridized carbons (Fsp3) is 0.400. The lowest BCUT2D eigenvalue weighted by atomic mass is 10.2. The molecule has 128 valence electrons. The largest absolute Gasteiger partial charge is 0.361 e. The number of nitrogens with zero attached hydrogens (tertiary/aromatic N) is 4. The van der Waals surface area contributed by atoms with E-state index in [9.17, 15) is 0 Å². The molecule has 0 saturated heterocycles. The van der Waals surface area contributed by atoms with Crippen molar-refractivity contribution in [1.82, 2.24) is 19.5 Å². The van der Waals surface area contributed by atoms with E-state index in [1.165, 1.54) is 0 Å². The van der Waals surface area contributed by atoms with Gasteiger partial charge in [-0.1, -0.05) is 42.8 Å². The number of fused-ring (bicyclic) bond motifs is 3. The molecule has 5 nitrogen and oxygen atoms in total. The molecule has 0 aliphatic carbocycles. The van der Waals surface area contributed by atoms with Gasteiger partial charge in [0.1, 0.15) is 17.5 Å². The van der Waals surface area contributed by atoms with Crippen molar-refractivity contribution in [2.75, 3.05) is 6.61 Å². The summed E-state index contributed by atoms with van der Waals surface area (Å²) in [6.45, 7) is 7.92. The third-order valence-electron chi connectivity index (χ3n) is 3.71. The van der Waals surface area contributed by atoms with Crippen LogP contribution in [0.5, 0.6) is 0 Å². The van der Waals surface area contributed by atoms with Crippen molar-refractivity contribution in [2.45, 2.75) is 32.4 Å². The molecule has 0 saturated carbocycles. The summed E-state index contributed by atoms with van der Waals surface area (Å²) in [5.41, 5.74) is 1.32. The van der Waals surface area contributed by atoms with Crippen molar-refractivity contribution in [3.05, 3.63) is 27.9 Å². The molecule has 0 aromatic carbocycles. The second-order valence-corrected chi connectivity index (χ2v) is 13.4. The Balaban J connectivity index is 2.07. The van der Waals surface area contributed by atoms with Gasteiger partial charge in [0.05, 0.1) is 10.9 Å². The zero-order valence-electron chi connectivity index (χ0n) is 13.6. The number of halogens is 3. The fourth-order valence-electron chi connectivity index (χ4n) is 2.48. The maximum atomic E-state index is 6.31. The molecule has 0 atom stereocenters. The van der Waals surface area contributed by atoms with Crippen LogP contribution in [-0.4, -0.2) is 34.2 Å². The Morgan fingerprint density at radius 3 is 2.58 bits per heavy atom. The van der Waals surface area contributed by atoms with E-state index in [0.717, 1.165) is 16.9 Å². The van der Waals surface area contributed by atoms with Crippen molar-refractivity contribution in [1.29, 1.82) is 0 Å². The molecule has 3 rings (SSSR count). The molecule has 0 bridgehead atoms. The maximum Gasteiger partial charge on any atom is 0.225 e. The lowest BCUT2D eigenvalue weighted by Gasteiger charge is -2.16. The summed E-state index contributed by atoms with van der Waals surface area (Å²) in [5, 5.41) is 2.28. The Morgan fingerprint density at radius 2 is 1.88 bits per heavy atom. The first-order valence-electron chi connectivity index (χ1n) is 7.51. The summed E-state index contributed by atoms with van der Waals surface area (Å²) < 4.78 is 7.72. The van der Waals surface area contributed by atoms with Crippen molar-refractivity contribution in [2.24, 2.45) is 0 Å². The Bertz CT molecular complexity index is 907. The van der Waals surface area contributed by atoms with Crippen LogP contribution in [0.25, 0.3) is 21.9 Å². The van der Waals surface area contributed by atoms with Crippen LogP contribution in [-0.2, 0) is 11.5 Å². The average molecular weight is 404 g/mol. The summed E-state index contributed by atoms with van der Waals surface area (Å²) in [6.07, 6.45) is 1.63. The van der Waals surface area contributed by atoms with Crippen LogP contribution in [0.15, 0.2) is 12.3 Å². The Morgan fingerprint density at radius 1 is 1.12 bits per heavy atom. The van der Waals surface area contributed by atoms with Crippen LogP contribution in [0.2, 0.25) is 41.3 Å². The van der Waals surface area contributed by atoms with E-state index in [1.54, 1.807) is 6.20 Å². The topological polar surface area (TPSA) is 52.8 Å². The second kappa shape index (κ2) is 6.76. The molecule has 3 aromatic rings. The first-order valence-corrected chi connectivity index (χ1v) is 12.4. The quantitative estimate of drug-likeness (QED) is 0.192. The Kier molecular flexibility index (Phi) is 5.04. The standard InChI is InChI=1S/C15H17Cl3N4OSi/c1-24(2,3)7-6-23-8-22-11-9(4-5-19-13(11)17)10-12(16)20-15(18)21-14(10)22/h4-5H,6-8H2,1-3H3. The number of pyridine rings is 1. The summed E-state index contributed by atoms with van der Waals surface area (Å²) in [6, 6.07) is 2.91. The predicted molar refractivity (Wildman–Crippen MR) is 102 cm³/mol. The molecule has 0 radical (unpaired) electrons. The summed E-state index contributed by atoms with van der Waals surface area (Å²) in [4.78, 5) is 12.5. The molecule has 0 unspecified atom stereocenters. The van der Waals surface area contributed by atoms with Gasteiger partial charge in [0.2, 0.25) is 5.28 Å². The first kappa shape index (κ1) is 17.9. The van der Waals surface area contributed by atoms with Crippen molar-refractivity contribution in [3.8, 4) is 0 Å². The average Bonchev–Trinajstić information content (AvgIpc) is 2.78. The number of aromatic nitrogens is 4. The van der Waals surface area contributed by atoms with Crippen molar-refractivity contribution < 1.29 is 4.74 Å². The Labute approximate surface area is 155 Å². The van der Waals surface area contributed by atoms with Gasteiger partial charge in [-0.15, -0.1) is 0 Å². The monoisotopic (exact) mass is 402 g/mol. The molecular formula is C15H17Cl3N4OSi. The van der Waals surface area contributed by atoms with Crippen LogP contribution in [0.1, 0.15) is 0 Å². The van der Waals surface area contributed by atoms with Gasteiger partial charge >= 0.3 is 0 Å². The number of hydrogen-bond acceptors (Lipinski definition) is 4. The van der Waals surface area contributed by atoms with Gasteiger partial charge in [-0.2, -0.15) is 4.98 Å². The van der Waals surface area contributed by atoms with Crippen molar-refractivity contribution >= 4 is 64.8 Å². The highest BCUT2D eigenvalue weighted by Gasteiger charge is 2.19. The minimum atomic E-state index is -1.16. The zero-order valence-corrected chi connectivity index (χ0v) is 16.9. The molecule has 0 fully saturated rings.